The summed E-state index contributed by atoms with van der Waals surface area (Å²) in [6.07, 6.45) is 2.99. The monoisotopic (exact) mass is 216 g/mol. The highest BCUT2D eigenvalue weighted by atomic mass is 16.7. The van der Waals surface area contributed by atoms with Crippen LogP contribution in [-0.2, 0) is 19.0 Å². The van der Waals surface area contributed by atoms with E-state index in [1.807, 2.05) is 0 Å². The van der Waals surface area contributed by atoms with Gasteiger partial charge in [-0.15, -0.1) is 0 Å². The molecule has 0 aromatic carbocycles. The summed E-state index contributed by atoms with van der Waals surface area (Å²) in [5.74, 6) is -0.265. The summed E-state index contributed by atoms with van der Waals surface area (Å²) >= 11 is 0. The van der Waals surface area contributed by atoms with Crippen LogP contribution < -0.4 is 0 Å². The Balaban J connectivity index is 2.17. The molecule has 1 aliphatic rings. The first-order chi connectivity index (χ1) is 7.27. The zero-order valence-corrected chi connectivity index (χ0v) is 9.53. The second kappa shape index (κ2) is 6.80. The van der Waals surface area contributed by atoms with Crippen molar-refractivity contribution in [3.8, 4) is 0 Å². The van der Waals surface area contributed by atoms with E-state index in [4.69, 9.17) is 14.2 Å². The Bertz CT molecular complexity index is 193. The number of rotatable bonds is 6. The molecule has 0 N–H and O–H groups in total. The van der Waals surface area contributed by atoms with Crippen LogP contribution in [0.5, 0.6) is 0 Å². The van der Waals surface area contributed by atoms with Gasteiger partial charge in [-0.3, -0.25) is 0 Å². The molecule has 1 heterocycles. The fraction of sp³-hybridized carbons (Fsp3) is 0.909. The van der Waals surface area contributed by atoms with E-state index in [2.05, 4.69) is 6.92 Å². The third-order valence-electron chi connectivity index (χ3n) is 2.33. The van der Waals surface area contributed by atoms with Crippen LogP contribution >= 0.6 is 0 Å². The van der Waals surface area contributed by atoms with E-state index in [0.717, 1.165) is 19.3 Å². The maximum Gasteiger partial charge on any atom is 0.335 e. The highest BCUT2D eigenvalue weighted by Gasteiger charge is 2.31. The second-order valence-electron chi connectivity index (χ2n) is 3.61. The van der Waals surface area contributed by atoms with E-state index in [0.29, 0.717) is 19.6 Å². The van der Waals surface area contributed by atoms with Crippen LogP contribution in [-0.4, -0.2) is 31.6 Å². The molecule has 4 heteroatoms. The van der Waals surface area contributed by atoms with Crippen LogP contribution in [0.2, 0.25) is 0 Å². The van der Waals surface area contributed by atoms with E-state index in [9.17, 15) is 4.79 Å². The Morgan fingerprint density at radius 3 is 2.87 bits per heavy atom. The number of hydrogen-bond acceptors (Lipinski definition) is 4. The fourth-order valence-corrected chi connectivity index (χ4v) is 1.50. The van der Waals surface area contributed by atoms with Gasteiger partial charge in [0.25, 0.3) is 0 Å². The molecule has 0 radical (unpaired) electrons. The maximum atomic E-state index is 11.3. The molecule has 0 aliphatic carbocycles. The van der Waals surface area contributed by atoms with E-state index >= 15 is 0 Å². The molecule has 0 aromatic heterocycles. The van der Waals surface area contributed by atoms with Gasteiger partial charge in [0.2, 0.25) is 0 Å². The molecule has 1 fully saturated rings. The number of ether oxygens (including phenoxy) is 3. The Hall–Kier alpha value is -0.610. The van der Waals surface area contributed by atoms with Gasteiger partial charge in [-0.2, -0.15) is 0 Å². The van der Waals surface area contributed by atoms with Crippen LogP contribution in [0.1, 0.15) is 39.5 Å². The van der Waals surface area contributed by atoms with Crippen molar-refractivity contribution in [1.29, 1.82) is 0 Å². The Morgan fingerprint density at radius 1 is 1.40 bits per heavy atom. The molecule has 88 valence electrons. The molecule has 0 saturated carbocycles. The van der Waals surface area contributed by atoms with Crippen molar-refractivity contribution in [2.75, 3.05) is 13.2 Å². The average molecular weight is 216 g/mol. The lowest BCUT2D eigenvalue weighted by Gasteiger charge is -2.13. The number of carbonyl (C=O) groups excluding carboxylic acids is 1. The van der Waals surface area contributed by atoms with E-state index in [1.165, 1.54) is 0 Å². The zero-order chi connectivity index (χ0) is 11.1. The molecular weight excluding hydrogens is 196 g/mol. The summed E-state index contributed by atoms with van der Waals surface area (Å²) in [4.78, 5) is 11.3. The summed E-state index contributed by atoms with van der Waals surface area (Å²) < 4.78 is 15.8. The number of carbonyl (C=O) groups is 1. The predicted molar refractivity (Wildman–Crippen MR) is 55.4 cm³/mol. The number of unbranched alkanes of at least 4 members (excludes halogenated alkanes) is 1. The van der Waals surface area contributed by atoms with Gasteiger partial charge >= 0.3 is 5.97 Å². The molecule has 0 spiro atoms. The normalized spacial score (nSPS) is 25.5. The maximum absolute atomic E-state index is 11.3. The van der Waals surface area contributed by atoms with Crippen LogP contribution in [0.4, 0.5) is 0 Å². The average Bonchev–Trinajstić information content (AvgIpc) is 2.67. The number of hydrogen-bond donors (Lipinski definition) is 0. The first kappa shape index (κ1) is 12.5. The van der Waals surface area contributed by atoms with Crippen LogP contribution in [0.25, 0.3) is 0 Å². The van der Waals surface area contributed by atoms with E-state index in [-0.39, 0.29) is 12.3 Å². The molecule has 0 aromatic rings. The Kier molecular flexibility index (Phi) is 5.65. The lowest BCUT2D eigenvalue weighted by Crippen LogP contribution is -2.24. The topological polar surface area (TPSA) is 44.8 Å². The van der Waals surface area contributed by atoms with E-state index in [1.54, 1.807) is 6.92 Å². The van der Waals surface area contributed by atoms with Crippen molar-refractivity contribution in [2.24, 2.45) is 0 Å². The van der Waals surface area contributed by atoms with Gasteiger partial charge in [-0.05, 0) is 19.8 Å². The SMILES string of the molecule is CCCCO[C@@H]1CCC(C(=O)OCC)O1. The molecule has 1 rings (SSSR count). The number of esters is 1. The third-order valence-corrected chi connectivity index (χ3v) is 2.33. The fourth-order valence-electron chi connectivity index (χ4n) is 1.50. The molecule has 0 amide bonds. The van der Waals surface area contributed by atoms with Gasteiger partial charge in [0.15, 0.2) is 12.4 Å². The smallest absolute Gasteiger partial charge is 0.335 e. The second-order valence-corrected chi connectivity index (χ2v) is 3.61. The van der Waals surface area contributed by atoms with Crippen molar-refractivity contribution in [3.63, 3.8) is 0 Å². The summed E-state index contributed by atoms with van der Waals surface area (Å²) in [5, 5.41) is 0. The minimum atomic E-state index is -0.420. The third kappa shape index (κ3) is 4.18. The van der Waals surface area contributed by atoms with Crippen LogP contribution in [0.15, 0.2) is 0 Å². The molecule has 15 heavy (non-hydrogen) atoms. The van der Waals surface area contributed by atoms with Gasteiger partial charge in [0.05, 0.1) is 6.61 Å². The van der Waals surface area contributed by atoms with Gasteiger partial charge < -0.3 is 14.2 Å². The van der Waals surface area contributed by atoms with Gasteiger partial charge in [0, 0.05) is 13.0 Å². The Morgan fingerprint density at radius 2 is 2.20 bits per heavy atom. The lowest BCUT2D eigenvalue weighted by atomic mass is 10.2. The van der Waals surface area contributed by atoms with Crippen LogP contribution in [0, 0.1) is 0 Å². The van der Waals surface area contributed by atoms with E-state index < -0.39 is 6.10 Å². The van der Waals surface area contributed by atoms with Gasteiger partial charge in [-0.25, -0.2) is 4.79 Å². The molecule has 0 bridgehead atoms. The molecule has 1 unspecified atom stereocenters. The lowest BCUT2D eigenvalue weighted by molar-refractivity contribution is -0.173. The van der Waals surface area contributed by atoms with Crippen molar-refractivity contribution in [3.05, 3.63) is 0 Å². The molecule has 2 atom stereocenters. The minimum Gasteiger partial charge on any atom is -0.464 e. The molecule has 1 saturated heterocycles. The summed E-state index contributed by atoms with van der Waals surface area (Å²) in [5.41, 5.74) is 0. The first-order valence-corrected chi connectivity index (χ1v) is 5.71. The molecular formula is C11H20O4. The van der Waals surface area contributed by atoms with Crippen LogP contribution in [0.3, 0.4) is 0 Å². The summed E-state index contributed by atoms with van der Waals surface area (Å²) in [7, 11) is 0. The van der Waals surface area contributed by atoms with Crippen molar-refractivity contribution in [1.82, 2.24) is 0 Å². The van der Waals surface area contributed by atoms with Gasteiger partial charge in [-0.1, -0.05) is 13.3 Å². The van der Waals surface area contributed by atoms with Gasteiger partial charge in [0.1, 0.15) is 0 Å². The predicted octanol–water partition coefficient (Wildman–Crippen LogP) is 1.87. The molecule has 4 nitrogen and oxygen atoms in total. The minimum absolute atomic E-state index is 0.217. The van der Waals surface area contributed by atoms with Crippen molar-refractivity contribution in [2.45, 2.75) is 51.9 Å². The zero-order valence-electron chi connectivity index (χ0n) is 9.53. The van der Waals surface area contributed by atoms with Crippen molar-refractivity contribution < 1.29 is 19.0 Å². The highest BCUT2D eigenvalue weighted by molar-refractivity contribution is 5.74. The highest BCUT2D eigenvalue weighted by Crippen LogP contribution is 2.21. The standard InChI is InChI=1S/C11H20O4/c1-3-5-8-14-10-7-6-9(15-10)11(12)13-4-2/h9-10H,3-8H2,1-2H3/t9?,10-/m0/s1. The first-order valence-electron chi connectivity index (χ1n) is 5.71. The largest absolute Gasteiger partial charge is 0.464 e. The Labute approximate surface area is 90.9 Å². The van der Waals surface area contributed by atoms with Crippen molar-refractivity contribution >= 4 is 5.97 Å². The summed E-state index contributed by atoms with van der Waals surface area (Å²) in [6, 6.07) is 0. The summed E-state index contributed by atoms with van der Waals surface area (Å²) in [6.45, 7) is 5.01. The quantitative estimate of drug-likeness (QED) is 0.502. The molecule has 1 aliphatic heterocycles.